The van der Waals surface area contributed by atoms with Gasteiger partial charge in [-0.1, -0.05) is 12.1 Å². The summed E-state index contributed by atoms with van der Waals surface area (Å²) in [6, 6.07) is 12.7. The molecule has 142 valence electrons. The molecule has 27 heavy (non-hydrogen) atoms. The Bertz CT molecular complexity index is 859. The molecule has 6 nitrogen and oxygen atoms in total. The van der Waals surface area contributed by atoms with Crippen LogP contribution in [-0.2, 0) is 16.0 Å². The third kappa shape index (κ3) is 4.05. The fourth-order valence-corrected chi connectivity index (χ4v) is 3.00. The van der Waals surface area contributed by atoms with Gasteiger partial charge in [-0.05, 0) is 49.7 Å². The highest BCUT2D eigenvalue weighted by Crippen LogP contribution is 2.37. The number of fused-ring (bicyclic) bond motifs is 1. The van der Waals surface area contributed by atoms with Crippen molar-refractivity contribution in [3.63, 3.8) is 0 Å². The lowest BCUT2D eigenvalue weighted by Gasteiger charge is -2.24. The highest BCUT2D eigenvalue weighted by molar-refractivity contribution is 6.00. The third-order valence-corrected chi connectivity index (χ3v) is 4.60. The van der Waals surface area contributed by atoms with Gasteiger partial charge < -0.3 is 19.7 Å². The van der Waals surface area contributed by atoms with Gasteiger partial charge in [-0.25, -0.2) is 0 Å². The van der Waals surface area contributed by atoms with Gasteiger partial charge in [0.15, 0.2) is 0 Å². The van der Waals surface area contributed by atoms with Crippen molar-refractivity contribution in [3.8, 4) is 11.5 Å². The maximum atomic E-state index is 12.6. The van der Waals surface area contributed by atoms with Crippen molar-refractivity contribution in [2.45, 2.75) is 20.3 Å². The standard InChI is InChI=1S/C21H24N2O4/c1-21(2)13-27-18-10-7-15(12-17(18)23(3)20(21)25)22-19(24)11-14-5-8-16(26-4)9-6-14/h5-10,12H,11,13H2,1-4H3,(H,22,24). The van der Waals surface area contributed by atoms with Crippen molar-refractivity contribution in [2.24, 2.45) is 5.41 Å². The minimum atomic E-state index is -0.606. The lowest BCUT2D eigenvalue weighted by Crippen LogP contribution is -2.39. The van der Waals surface area contributed by atoms with E-state index < -0.39 is 5.41 Å². The molecule has 1 N–H and O–H groups in total. The zero-order valence-corrected chi connectivity index (χ0v) is 16.0. The van der Waals surface area contributed by atoms with Crippen LogP contribution in [0.15, 0.2) is 42.5 Å². The Morgan fingerprint density at radius 1 is 1.22 bits per heavy atom. The Balaban J connectivity index is 1.74. The molecule has 2 aromatic carbocycles. The number of hydrogen-bond acceptors (Lipinski definition) is 4. The molecular formula is C21H24N2O4. The molecule has 1 aliphatic heterocycles. The Kier molecular flexibility index (Phi) is 5.08. The normalized spacial score (nSPS) is 15.4. The summed E-state index contributed by atoms with van der Waals surface area (Å²) < 4.78 is 10.9. The second-order valence-corrected chi connectivity index (χ2v) is 7.29. The molecule has 0 radical (unpaired) electrons. The van der Waals surface area contributed by atoms with Crippen LogP contribution in [0.4, 0.5) is 11.4 Å². The summed E-state index contributed by atoms with van der Waals surface area (Å²) >= 11 is 0. The molecule has 2 aromatic rings. The van der Waals surface area contributed by atoms with E-state index in [1.807, 2.05) is 38.1 Å². The molecule has 0 spiro atoms. The van der Waals surface area contributed by atoms with Crippen LogP contribution in [0.5, 0.6) is 11.5 Å². The van der Waals surface area contributed by atoms with E-state index >= 15 is 0 Å². The van der Waals surface area contributed by atoms with Gasteiger partial charge in [0.2, 0.25) is 11.8 Å². The molecular weight excluding hydrogens is 344 g/mol. The summed E-state index contributed by atoms with van der Waals surface area (Å²) in [7, 11) is 3.33. The molecule has 2 amide bonds. The lowest BCUT2D eigenvalue weighted by molar-refractivity contribution is -0.127. The molecule has 3 rings (SSSR count). The first-order valence-electron chi connectivity index (χ1n) is 8.78. The van der Waals surface area contributed by atoms with E-state index in [-0.39, 0.29) is 18.2 Å². The van der Waals surface area contributed by atoms with Crippen LogP contribution in [0.1, 0.15) is 19.4 Å². The van der Waals surface area contributed by atoms with Crippen LogP contribution in [0.3, 0.4) is 0 Å². The first-order valence-corrected chi connectivity index (χ1v) is 8.78. The smallest absolute Gasteiger partial charge is 0.235 e. The average molecular weight is 368 g/mol. The highest BCUT2D eigenvalue weighted by Gasteiger charge is 2.36. The molecule has 0 atom stereocenters. The summed E-state index contributed by atoms with van der Waals surface area (Å²) in [5, 5.41) is 2.88. The maximum Gasteiger partial charge on any atom is 0.235 e. The van der Waals surface area contributed by atoms with Crippen LogP contribution < -0.4 is 19.7 Å². The van der Waals surface area contributed by atoms with Crippen LogP contribution in [0.25, 0.3) is 0 Å². The molecule has 0 aliphatic carbocycles. The number of carbonyl (C=O) groups excluding carboxylic acids is 2. The Morgan fingerprint density at radius 2 is 1.93 bits per heavy atom. The second-order valence-electron chi connectivity index (χ2n) is 7.29. The molecule has 6 heteroatoms. The van der Waals surface area contributed by atoms with E-state index in [9.17, 15) is 9.59 Å². The number of methoxy groups -OCH3 is 1. The summed E-state index contributed by atoms with van der Waals surface area (Å²) in [6.45, 7) is 4.02. The molecule has 0 aromatic heterocycles. The Labute approximate surface area is 159 Å². The van der Waals surface area contributed by atoms with Crippen LogP contribution in [0, 0.1) is 5.41 Å². The van der Waals surface area contributed by atoms with E-state index in [4.69, 9.17) is 9.47 Å². The van der Waals surface area contributed by atoms with Crippen molar-refractivity contribution in [2.75, 3.05) is 31.0 Å². The number of nitrogens with one attached hydrogen (secondary N) is 1. The average Bonchev–Trinajstić information content (AvgIpc) is 2.73. The van der Waals surface area contributed by atoms with Gasteiger partial charge >= 0.3 is 0 Å². The number of anilines is 2. The molecule has 1 heterocycles. The SMILES string of the molecule is COc1ccc(CC(=O)Nc2ccc3c(c2)N(C)C(=O)C(C)(C)CO3)cc1. The number of hydrogen-bond donors (Lipinski definition) is 1. The third-order valence-electron chi connectivity index (χ3n) is 4.60. The van der Waals surface area contributed by atoms with E-state index in [1.54, 1.807) is 37.3 Å². The van der Waals surface area contributed by atoms with Crippen molar-refractivity contribution >= 4 is 23.2 Å². The molecule has 0 fully saturated rings. The van der Waals surface area contributed by atoms with Crippen molar-refractivity contribution < 1.29 is 19.1 Å². The van der Waals surface area contributed by atoms with Gasteiger partial charge in [-0.3, -0.25) is 9.59 Å². The number of carbonyl (C=O) groups is 2. The highest BCUT2D eigenvalue weighted by atomic mass is 16.5. The van der Waals surface area contributed by atoms with E-state index in [2.05, 4.69) is 5.32 Å². The quantitative estimate of drug-likeness (QED) is 0.899. The monoisotopic (exact) mass is 368 g/mol. The van der Waals surface area contributed by atoms with Gasteiger partial charge in [0.25, 0.3) is 0 Å². The number of ether oxygens (including phenoxy) is 2. The summed E-state index contributed by atoms with van der Waals surface area (Å²) in [6.07, 6.45) is 0.249. The fraction of sp³-hybridized carbons (Fsp3) is 0.333. The predicted molar refractivity (Wildman–Crippen MR) is 104 cm³/mol. The van der Waals surface area contributed by atoms with Crippen molar-refractivity contribution in [3.05, 3.63) is 48.0 Å². The number of nitrogens with zero attached hydrogens (tertiary/aromatic N) is 1. The largest absolute Gasteiger partial charge is 0.497 e. The first-order chi connectivity index (χ1) is 12.8. The topological polar surface area (TPSA) is 67.9 Å². The van der Waals surface area contributed by atoms with E-state index in [0.29, 0.717) is 23.7 Å². The molecule has 0 saturated carbocycles. The number of rotatable bonds is 4. The van der Waals surface area contributed by atoms with E-state index in [0.717, 1.165) is 11.3 Å². The molecule has 0 bridgehead atoms. The van der Waals surface area contributed by atoms with Gasteiger partial charge in [0, 0.05) is 12.7 Å². The zero-order chi connectivity index (χ0) is 19.6. The Hall–Kier alpha value is -3.02. The van der Waals surface area contributed by atoms with Crippen LogP contribution >= 0.6 is 0 Å². The van der Waals surface area contributed by atoms with E-state index in [1.165, 1.54) is 0 Å². The minimum Gasteiger partial charge on any atom is -0.497 e. The summed E-state index contributed by atoms with van der Waals surface area (Å²) in [5.41, 5.74) is 1.55. The summed E-state index contributed by atoms with van der Waals surface area (Å²) in [4.78, 5) is 26.6. The molecule has 1 aliphatic rings. The number of amides is 2. The first kappa shape index (κ1) is 18.8. The van der Waals surface area contributed by atoms with Crippen LogP contribution in [0.2, 0.25) is 0 Å². The van der Waals surface area contributed by atoms with Crippen LogP contribution in [-0.4, -0.2) is 32.6 Å². The Morgan fingerprint density at radius 3 is 2.59 bits per heavy atom. The van der Waals surface area contributed by atoms with Gasteiger partial charge in [0.1, 0.15) is 18.1 Å². The maximum absolute atomic E-state index is 12.6. The fourth-order valence-electron chi connectivity index (χ4n) is 3.00. The predicted octanol–water partition coefficient (Wildman–Crippen LogP) is 3.26. The summed E-state index contributed by atoms with van der Waals surface area (Å²) in [5.74, 6) is 1.22. The number of benzene rings is 2. The van der Waals surface area contributed by atoms with Crippen molar-refractivity contribution in [1.29, 1.82) is 0 Å². The van der Waals surface area contributed by atoms with Gasteiger partial charge in [-0.2, -0.15) is 0 Å². The lowest BCUT2D eigenvalue weighted by atomic mass is 9.93. The molecule has 0 saturated heterocycles. The zero-order valence-electron chi connectivity index (χ0n) is 16.0. The molecule has 0 unspecified atom stereocenters. The van der Waals surface area contributed by atoms with Gasteiger partial charge in [-0.15, -0.1) is 0 Å². The minimum absolute atomic E-state index is 0.0250. The van der Waals surface area contributed by atoms with Gasteiger partial charge in [0.05, 0.1) is 24.6 Å². The second kappa shape index (κ2) is 7.31. The van der Waals surface area contributed by atoms with Crippen molar-refractivity contribution in [1.82, 2.24) is 0 Å².